The molecule has 22 heavy (non-hydrogen) atoms. The maximum absolute atomic E-state index is 12.0. The number of anilines is 1. The van der Waals surface area contributed by atoms with E-state index in [-0.39, 0.29) is 11.7 Å². The summed E-state index contributed by atoms with van der Waals surface area (Å²) in [5, 5.41) is 11.4. The number of carbonyl (C=O) groups excluding carboxylic acids is 1. The Balaban J connectivity index is 1.66. The molecule has 0 unspecified atom stereocenters. The maximum Gasteiger partial charge on any atom is 0.234 e. The fourth-order valence-electron chi connectivity index (χ4n) is 1.91. The Morgan fingerprint density at radius 3 is 2.82 bits per heavy atom. The molecular formula is C14H14N6OS. The van der Waals surface area contributed by atoms with Crippen molar-refractivity contribution in [2.75, 3.05) is 11.1 Å². The highest BCUT2D eigenvalue weighted by Gasteiger charge is 2.12. The zero-order valence-corrected chi connectivity index (χ0v) is 13.0. The van der Waals surface area contributed by atoms with Gasteiger partial charge >= 0.3 is 0 Å². The Morgan fingerprint density at radius 2 is 2.05 bits per heavy atom. The third kappa shape index (κ3) is 3.06. The number of thioether (sulfide) groups is 1. The maximum atomic E-state index is 12.0. The summed E-state index contributed by atoms with van der Waals surface area (Å²) < 4.78 is 1.58. The summed E-state index contributed by atoms with van der Waals surface area (Å²) in [5.41, 5.74) is 3.19. The molecule has 112 valence electrons. The minimum atomic E-state index is -0.0931. The first kappa shape index (κ1) is 14.5. The molecule has 0 aliphatic heterocycles. The number of amides is 1. The molecule has 1 aromatic carbocycles. The Morgan fingerprint density at radius 1 is 1.27 bits per heavy atom. The normalized spacial score (nSPS) is 10.8. The Bertz CT molecular complexity index is 814. The second-order valence-electron chi connectivity index (χ2n) is 4.77. The number of rotatable bonds is 4. The first-order valence-corrected chi connectivity index (χ1v) is 7.62. The van der Waals surface area contributed by atoms with Crippen molar-refractivity contribution in [2.24, 2.45) is 7.05 Å². The van der Waals surface area contributed by atoms with Crippen LogP contribution in [0.5, 0.6) is 0 Å². The van der Waals surface area contributed by atoms with E-state index < -0.39 is 0 Å². The van der Waals surface area contributed by atoms with E-state index in [2.05, 4.69) is 25.6 Å². The van der Waals surface area contributed by atoms with E-state index in [0.717, 1.165) is 11.3 Å². The molecule has 2 heterocycles. The molecule has 0 fully saturated rings. The summed E-state index contributed by atoms with van der Waals surface area (Å²) in [7, 11) is 1.76. The van der Waals surface area contributed by atoms with E-state index in [1.165, 1.54) is 18.1 Å². The summed E-state index contributed by atoms with van der Waals surface area (Å²) in [6.45, 7) is 2.00. The van der Waals surface area contributed by atoms with Crippen LogP contribution >= 0.6 is 11.8 Å². The third-order valence-electron chi connectivity index (χ3n) is 3.03. The van der Waals surface area contributed by atoms with Crippen LogP contribution in [0.4, 0.5) is 5.69 Å². The molecule has 0 saturated heterocycles. The number of carbonyl (C=O) groups is 1. The standard InChI is InChI=1S/C14H14N6OS/c1-9-3-5-10(6-4-9)17-11(21)7-22-14-12-13(15-8-16-14)20(2)19-18-12/h3-6,8H,7H2,1-2H3,(H,17,21). The lowest BCUT2D eigenvalue weighted by molar-refractivity contribution is -0.113. The molecule has 1 amide bonds. The first-order chi connectivity index (χ1) is 10.6. The van der Waals surface area contributed by atoms with E-state index in [9.17, 15) is 4.79 Å². The number of fused-ring (bicyclic) bond motifs is 1. The number of aryl methyl sites for hydroxylation is 2. The van der Waals surface area contributed by atoms with Crippen LogP contribution in [0, 0.1) is 6.92 Å². The van der Waals surface area contributed by atoms with Crippen molar-refractivity contribution in [2.45, 2.75) is 11.9 Å². The quantitative estimate of drug-likeness (QED) is 0.584. The fourth-order valence-corrected chi connectivity index (χ4v) is 2.64. The first-order valence-electron chi connectivity index (χ1n) is 6.63. The van der Waals surface area contributed by atoms with Crippen LogP contribution in [0.3, 0.4) is 0 Å². The lowest BCUT2D eigenvalue weighted by Crippen LogP contribution is -2.14. The van der Waals surface area contributed by atoms with Crippen molar-refractivity contribution >= 4 is 34.5 Å². The highest BCUT2D eigenvalue weighted by atomic mass is 32.2. The van der Waals surface area contributed by atoms with E-state index in [1.807, 2.05) is 31.2 Å². The highest BCUT2D eigenvalue weighted by Crippen LogP contribution is 2.22. The van der Waals surface area contributed by atoms with Crippen LogP contribution in [-0.4, -0.2) is 36.6 Å². The number of hydrogen-bond acceptors (Lipinski definition) is 6. The third-order valence-corrected chi connectivity index (χ3v) is 4.01. The predicted molar refractivity (Wildman–Crippen MR) is 84.6 cm³/mol. The summed E-state index contributed by atoms with van der Waals surface area (Å²) in [4.78, 5) is 20.3. The second-order valence-corrected chi connectivity index (χ2v) is 5.73. The van der Waals surface area contributed by atoms with Crippen LogP contribution in [0.15, 0.2) is 35.6 Å². The van der Waals surface area contributed by atoms with Gasteiger partial charge in [0.2, 0.25) is 5.91 Å². The topological polar surface area (TPSA) is 85.6 Å². The van der Waals surface area contributed by atoms with Crippen molar-refractivity contribution in [1.82, 2.24) is 25.0 Å². The van der Waals surface area contributed by atoms with Gasteiger partial charge in [0.05, 0.1) is 5.75 Å². The van der Waals surface area contributed by atoms with Crippen molar-refractivity contribution < 1.29 is 4.79 Å². The number of nitrogens with zero attached hydrogens (tertiary/aromatic N) is 5. The molecule has 0 bridgehead atoms. The summed E-state index contributed by atoms with van der Waals surface area (Å²) >= 11 is 1.31. The van der Waals surface area contributed by atoms with Gasteiger partial charge in [0, 0.05) is 12.7 Å². The molecule has 0 atom stereocenters. The van der Waals surface area contributed by atoms with Crippen molar-refractivity contribution in [3.05, 3.63) is 36.2 Å². The Hall–Kier alpha value is -2.48. The zero-order valence-electron chi connectivity index (χ0n) is 12.1. The Labute approximate surface area is 131 Å². The van der Waals surface area contributed by atoms with Crippen LogP contribution in [-0.2, 0) is 11.8 Å². The van der Waals surface area contributed by atoms with Gasteiger partial charge in [-0.3, -0.25) is 4.79 Å². The monoisotopic (exact) mass is 314 g/mol. The van der Waals surface area contributed by atoms with Crippen molar-refractivity contribution in [3.63, 3.8) is 0 Å². The zero-order chi connectivity index (χ0) is 15.5. The molecular weight excluding hydrogens is 300 g/mol. The van der Waals surface area contributed by atoms with E-state index >= 15 is 0 Å². The molecule has 0 radical (unpaired) electrons. The van der Waals surface area contributed by atoms with Gasteiger partial charge in [-0.05, 0) is 19.1 Å². The average Bonchev–Trinajstić information content (AvgIpc) is 2.90. The van der Waals surface area contributed by atoms with Gasteiger partial charge in [0.15, 0.2) is 11.2 Å². The van der Waals surface area contributed by atoms with Crippen LogP contribution in [0.1, 0.15) is 5.56 Å². The Kier molecular flexibility index (Phi) is 4.01. The van der Waals surface area contributed by atoms with E-state index in [1.54, 1.807) is 11.7 Å². The number of aromatic nitrogens is 5. The molecule has 0 aliphatic carbocycles. The van der Waals surface area contributed by atoms with Crippen LogP contribution < -0.4 is 5.32 Å². The van der Waals surface area contributed by atoms with Gasteiger partial charge in [-0.1, -0.05) is 34.7 Å². The number of nitrogens with one attached hydrogen (secondary N) is 1. The van der Waals surface area contributed by atoms with Gasteiger partial charge in [-0.25, -0.2) is 14.6 Å². The summed E-state index contributed by atoms with van der Waals surface area (Å²) in [5.74, 6) is 0.154. The van der Waals surface area contributed by atoms with Gasteiger partial charge in [0.1, 0.15) is 11.4 Å². The molecule has 2 aromatic heterocycles. The minimum absolute atomic E-state index is 0.0931. The van der Waals surface area contributed by atoms with Gasteiger partial charge in [-0.2, -0.15) is 0 Å². The molecule has 1 N–H and O–H groups in total. The molecule has 0 saturated carbocycles. The SMILES string of the molecule is Cc1ccc(NC(=O)CSc2ncnc3c2nnn3C)cc1. The summed E-state index contributed by atoms with van der Waals surface area (Å²) in [6, 6.07) is 7.67. The molecule has 0 spiro atoms. The highest BCUT2D eigenvalue weighted by molar-refractivity contribution is 8.00. The van der Waals surface area contributed by atoms with Gasteiger partial charge in [0.25, 0.3) is 0 Å². The minimum Gasteiger partial charge on any atom is -0.325 e. The van der Waals surface area contributed by atoms with Crippen LogP contribution in [0.25, 0.3) is 11.2 Å². The molecule has 3 rings (SSSR count). The second kappa shape index (κ2) is 6.10. The lowest BCUT2D eigenvalue weighted by atomic mass is 10.2. The molecule has 0 aliphatic rings. The number of hydrogen-bond donors (Lipinski definition) is 1. The van der Waals surface area contributed by atoms with Crippen LogP contribution in [0.2, 0.25) is 0 Å². The molecule has 3 aromatic rings. The largest absolute Gasteiger partial charge is 0.325 e. The van der Waals surface area contributed by atoms with Crippen molar-refractivity contribution in [3.8, 4) is 0 Å². The van der Waals surface area contributed by atoms with Gasteiger partial charge < -0.3 is 5.32 Å². The van der Waals surface area contributed by atoms with E-state index in [4.69, 9.17) is 0 Å². The fraction of sp³-hybridized carbons (Fsp3) is 0.214. The molecule has 7 nitrogen and oxygen atoms in total. The summed E-state index contributed by atoms with van der Waals surface area (Å²) in [6.07, 6.45) is 1.45. The predicted octanol–water partition coefficient (Wildman–Crippen LogP) is 1.80. The average molecular weight is 314 g/mol. The lowest BCUT2D eigenvalue weighted by Gasteiger charge is -2.05. The number of benzene rings is 1. The molecule has 8 heteroatoms. The van der Waals surface area contributed by atoms with Gasteiger partial charge in [-0.15, -0.1) is 5.10 Å². The van der Waals surface area contributed by atoms with E-state index in [0.29, 0.717) is 16.2 Å². The van der Waals surface area contributed by atoms with Crippen molar-refractivity contribution in [1.29, 1.82) is 0 Å². The smallest absolute Gasteiger partial charge is 0.234 e.